The van der Waals surface area contributed by atoms with Crippen molar-refractivity contribution in [2.24, 2.45) is 10.4 Å². The van der Waals surface area contributed by atoms with Gasteiger partial charge in [0.25, 0.3) is 0 Å². The van der Waals surface area contributed by atoms with Gasteiger partial charge in [0.1, 0.15) is 41.7 Å². The Morgan fingerprint density at radius 1 is 0.900 bits per heavy atom. The highest BCUT2D eigenvalue weighted by molar-refractivity contribution is 7.15. The van der Waals surface area contributed by atoms with E-state index in [2.05, 4.69) is 45.0 Å². The first kappa shape index (κ1) is 52.3. The van der Waals surface area contributed by atoms with E-state index < -0.39 is 60.1 Å². The van der Waals surface area contributed by atoms with Gasteiger partial charge in [0.05, 0.1) is 67.8 Å². The minimum absolute atomic E-state index is 0.0457. The van der Waals surface area contributed by atoms with Gasteiger partial charge in [0.2, 0.25) is 23.6 Å². The van der Waals surface area contributed by atoms with Crippen molar-refractivity contribution in [2.45, 2.75) is 91.8 Å². The number of aromatic nitrogens is 4. The second-order valence-electron chi connectivity index (χ2n) is 18.2. The van der Waals surface area contributed by atoms with Crippen molar-refractivity contribution < 1.29 is 42.9 Å². The largest absolute Gasteiger partial charge is 0.388 e. The summed E-state index contributed by atoms with van der Waals surface area (Å²) in [6.45, 7) is 13.6. The number of ether oxygens (including phenoxy) is 3. The van der Waals surface area contributed by atoms with Crippen LogP contribution in [0.15, 0.2) is 59.0 Å². The lowest BCUT2D eigenvalue weighted by molar-refractivity contribution is -0.145. The lowest BCUT2D eigenvalue weighted by atomic mass is 9.85. The number of nitrogens with zero attached hydrogens (tertiary/aromatic N) is 6. The summed E-state index contributed by atoms with van der Waals surface area (Å²) < 4.78 is 34.1. The zero-order valence-electron chi connectivity index (χ0n) is 40.2. The molecule has 5 aromatic rings. The summed E-state index contributed by atoms with van der Waals surface area (Å²) in [5.41, 5.74) is 7.32. The van der Waals surface area contributed by atoms with Gasteiger partial charge in [-0.25, -0.2) is 9.37 Å². The third-order valence-electron chi connectivity index (χ3n) is 12.1. The van der Waals surface area contributed by atoms with Crippen LogP contribution in [0.1, 0.15) is 77.7 Å². The maximum Gasteiger partial charge on any atom is 0.246 e. The quantitative estimate of drug-likeness (QED) is 0.0711. The van der Waals surface area contributed by atoms with E-state index in [9.17, 15) is 24.3 Å². The van der Waals surface area contributed by atoms with Crippen molar-refractivity contribution in [2.75, 3.05) is 52.7 Å². The molecule has 21 heteroatoms. The maximum atomic E-state index is 15.4. The first-order chi connectivity index (χ1) is 33.4. The summed E-state index contributed by atoms with van der Waals surface area (Å²) in [5.74, 6) is -0.984. The number of benzene rings is 2. The highest BCUT2D eigenvalue weighted by atomic mass is 35.5. The van der Waals surface area contributed by atoms with Crippen LogP contribution in [0.3, 0.4) is 0 Å². The number of aliphatic imine (C=N–C) groups is 1. The van der Waals surface area contributed by atoms with E-state index in [1.807, 2.05) is 66.9 Å². The van der Waals surface area contributed by atoms with Crippen LogP contribution in [0, 0.1) is 33.1 Å². The summed E-state index contributed by atoms with van der Waals surface area (Å²) in [5, 5.41) is 29.2. The van der Waals surface area contributed by atoms with Gasteiger partial charge in [-0.2, -0.15) is 0 Å². The molecular weight excluding hydrogens is 961 g/mol. The number of fused-ring (bicyclic) bond motifs is 3. The number of amides is 4. The standard InChI is InChI=1S/C49H59ClFN9O8S2/c1-27-29(3)70-48-39(27)41(32-12-14-34(50)15-13-32)55-35(45-58-57-30(4)60(45)48)22-37(62)52-16-17-66-18-19-67-20-21-68-25-38(63)56-44(49(5,6)7)47(65)59-24-36(61)40(51)42(59)46(64)53-23-31-8-10-33(11-9-31)43-28(2)54-26-69-43/h8-15,26,35-36,40,42,44,61H,16-25H2,1-7H3,(H,52,62)(H,53,64)(H,56,63)/t35-,36?,40?,42?,44+/m0/s1. The molecule has 5 heterocycles. The maximum absolute atomic E-state index is 15.4. The van der Waals surface area contributed by atoms with E-state index >= 15 is 4.39 Å². The van der Waals surface area contributed by atoms with E-state index in [0.717, 1.165) is 58.9 Å². The monoisotopic (exact) mass is 1020 g/mol. The fourth-order valence-corrected chi connectivity index (χ4v) is 10.4. The average molecular weight is 1020 g/mol. The molecule has 2 aliphatic heterocycles. The number of hydrogen-bond donors (Lipinski definition) is 4. The van der Waals surface area contributed by atoms with Crippen LogP contribution in [-0.2, 0) is 39.9 Å². The molecule has 2 aromatic carbocycles. The number of aryl methyl sites for hydroxylation is 3. The van der Waals surface area contributed by atoms with E-state index in [0.29, 0.717) is 16.7 Å². The Balaban J connectivity index is 0.806. The first-order valence-corrected chi connectivity index (χ1v) is 25.1. The second kappa shape index (κ2) is 23.2. The number of carbonyl (C=O) groups excluding carboxylic acids is 4. The smallest absolute Gasteiger partial charge is 0.246 e. The molecule has 3 unspecified atom stereocenters. The highest BCUT2D eigenvalue weighted by Crippen LogP contribution is 2.40. The molecule has 70 heavy (non-hydrogen) atoms. The van der Waals surface area contributed by atoms with E-state index in [1.165, 1.54) is 11.3 Å². The fraction of sp³-hybridized carbons (Fsp3) is 0.469. The predicted molar refractivity (Wildman–Crippen MR) is 265 cm³/mol. The number of alkyl halides is 1. The summed E-state index contributed by atoms with van der Waals surface area (Å²) in [4.78, 5) is 66.3. The van der Waals surface area contributed by atoms with Crippen molar-refractivity contribution in [1.82, 2.24) is 40.6 Å². The number of aliphatic hydroxyl groups is 1. The van der Waals surface area contributed by atoms with E-state index in [4.69, 9.17) is 30.8 Å². The number of hydrogen-bond acceptors (Lipinski definition) is 14. The number of thiazole rings is 1. The van der Waals surface area contributed by atoms with Gasteiger partial charge < -0.3 is 40.2 Å². The van der Waals surface area contributed by atoms with Crippen LogP contribution in [-0.4, -0.2) is 136 Å². The predicted octanol–water partition coefficient (Wildman–Crippen LogP) is 5.54. The van der Waals surface area contributed by atoms with Crippen molar-refractivity contribution in [1.29, 1.82) is 0 Å². The second-order valence-corrected chi connectivity index (χ2v) is 20.7. The number of halogens is 2. The van der Waals surface area contributed by atoms with E-state index in [-0.39, 0.29) is 65.1 Å². The zero-order chi connectivity index (χ0) is 50.3. The van der Waals surface area contributed by atoms with Gasteiger partial charge in [-0.1, -0.05) is 68.8 Å². The molecule has 0 saturated carbocycles. The molecule has 3 aromatic heterocycles. The number of nitrogens with one attached hydrogen (secondary N) is 3. The van der Waals surface area contributed by atoms with Crippen molar-refractivity contribution >= 4 is 63.6 Å². The van der Waals surface area contributed by atoms with Gasteiger partial charge >= 0.3 is 0 Å². The van der Waals surface area contributed by atoms with Crippen molar-refractivity contribution in [3.05, 3.63) is 104 Å². The average Bonchev–Trinajstić information content (AvgIpc) is 4.06. The third-order valence-corrected chi connectivity index (χ3v) is 14.5. The molecule has 0 spiro atoms. The Morgan fingerprint density at radius 2 is 1.57 bits per heavy atom. The minimum atomic E-state index is -2.03. The molecular formula is C49H59ClFN9O8S2. The molecule has 374 valence electrons. The molecule has 5 atom stereocenters. The molecule has 2 aliphatic rings. The topological polar surface area (TPSA) is 211 Å². The van der Waals surface area contributed by atoms with Crippen LogP contribution in [0.5, 0.6) is 0 Å². The molecule has 4 amide bonds. The number of thiophene rings is 1. The van der Waals surface area contributed by atoms with Gasteiger partial charge in [-0.15, -0.1) is 32.9 Å². The molecule has 1 fully saturated rings. The van der Waals surface area contributed by atoms with Crippen LogP contribution >= 0.6 is 34.3 Å². The van der Waals surface area contributed by atoms with Gasteiger partial charge in [-0.3, -0.25) is 28.7 Å². The molecule has 0 radical (unpaired) electrons. The minimum Gasteiger partial charge on any atom is -0.388 e. The number of likely N-dealkylation sites (tertiary alicyclic amines) is 1. The lowest BCUT2D eigenvalue weighted by Crippen LogP contribution is -2.59. The summed E-state index contributed by atoms with van der Waals surface area (Å²) in [6, 6.07) is 11.7. The van der Waals surface area contributed by atoms with Gasteiger partial charge in [0, 0.05) is 34.1 Å². The van der Waals surface area contributed by atoms with Gasteiger partial charge in [-0.05, 0) is 61.9 Å². The number of rotatable bonds is 20. The van der Waals surface area contributed by atoms with Crippen LogP contribution in [0.4, 0.5) is 4.39 Å². The number of carbonyl (C=O) groups is 4. The molecule has 17 nitrogen and oxygen atoms in total. The van der Waals surface area contributed by atoms with E-state index in [1.54, 1.807) is 37.6 Å². The zero-order valence-corrected chi connectivity index (χ0v) is 42.6. The van der Waals surface area contributed by atoms with Crippen molar-refractivity contribution in [3.63, 3.8) is 0 Å². The summed E-state index contributed by atoms with van der Waals surface area (Å²) >= 11 is 9.39. The fourth-order valence-electron chi connectivity index (χ4n) is 8.22. The Bertz CT molecular complexity index is 2680. The lowest BCUT2D eigenvalue weighted by Gasteiger charge is -2.35. The van der Waals surface area contributed by atoms with Gasteiger partial charge in [0.15, 0.2) is 12.0 Å². The number of aliphatic hydroxyl groups excluding tert-OH is 1. The van der Waals surface area contributed by atoms with Crippen LogP contribution in [0.2, 0.25) is 5.02 Å². The summed E-state index contributed by atoms with van der Waals surface area (Å²) in [7, 11) is 0. The first-order valence-electron chi connectivity index (χ1n) is 23.0. The normalized spacial score (nSPS) is 18.1. The third kappa shape index (κ3) is 12.3. The molecule has 0 aliphatic carbocycles. The Hall–Kier alpha value is -5.48. The SMILES string of the molecule is Cc1ncsc1-c1ccc(CNC(=O)C2C(F)C(O)CN2C(=O)[C@@H](NC(=O)COCCOCCOCCNC(=O)C[C@@H]2N=C(c3ccc(Cl)cc3)c3c(sc(C)c3C)-n3c(C)nnc32)C(C)(C)C)cc1. The molecule has 4 N–H and O–H groups in total. The van der Waals surface area contributed by atoms with Crippen LogP contribution < -0.4 is 16.0 Å². The Morgan fingerprint density at radius 3 is 2.24 bits per heavy atom. The molecule has 1 saturated heterocycles. The number of β-amino-alcohol motifs (C(OH)–C–C–N with tert-alkyl or cyclic N) is 1. The Labute approximate surface area is 419 Å². The summed E-state index contributed by atoms with van der Waals surface area (Å²) in [6.07, 6.45) is -3.56. The molecule has 0 bridgehead atoms. The van der Waals surface area contributed by atoms with Crippen molar-refractivity contribution in [3.8, 4) is 15.4 Å². The van der Waals surface area contributed by atoms with Crippen LogP contribution in [0.25, 0.3) is 15.4 Å². The Kier molecular flexibility index (Phi) is 17.3. The highest BCUT2D eigenvalue weighted by Gasteiger charge is 2.50. The molecule has 7 rings (SSSR count).